The van der Waals surface area contributed by atoms with Crippen LogP contribution in [0.5, 0.6) is 0 Å². The van der Waals surface area contributed by atoms with Crippen LogP contribution in [-0.4, -0.2) is 31.5 Å². The Balaban J connectivity index is 1.23. The van der Waals surface area contributed by atoms with E-state index < -0.39 is 0 Å². The van der Waals surface area contributed by atoms with E-state index in [1.165, 1.54) is 24.8 Å². The number of hydrogen-bond acceptors (Lipinski definition) is 4. The minimum absolute atomic E-state index is 0.779. The predicted octanol–water partition coefficient (Wildman–Crippen LogP) is 6.33. The monoisotopic (exact) mass is 492 g/mol. The van der Waals surface area contributed by atoms with E-state index >= 15 is 0 Å². The third-order valence-electron chi connectivity index (χ3n) is 5.44. The van der Waals surface area contributed by atoms with Crippen LogP contribution < -0.4 is 5.32 Å². The lowest BCUT2D eigenvalue weighted by Gasteiger charge is -2.03. The van der Waals surface area contributed by atoms with Gasteiger partial charge in [0.2, 0.25) is 5.95 Å². The molecular weight excluding hydrogens is 464 g/mol. The normalized spacial score (nSPS) is 11.1. The van der Waals surface area contributed by atoms with Gasteiger partial charge in [0.25, 0.3) is 0 Å². The molecule has 2 heterocycles. The third-order valence-corrected chi connectivity index (χ3v) is 5.97. The Morgan fingerprint density at radius 2 is 1.75 bits per heavy atom. The summed E-state index contributed by atoms with van der Waals surface area (Å²) in [5, 5.41) is 12.0. The first-order valence-electron chi connectivity index (χ1n) is 11.3. The van der Waals surface area contributed by atoms with E-state index in [1.807, 2.05) is 29.2 Å². The number of aromatic amines is 1. The van der Waals surface area contributed by atoms with Gasteiger partial charge < -0.3 is 10.3 Å². The number of aryl methyl sites for hydroxylation is 2. The van der Waals surface area contributed by atoms with Crippen LogP contribution in [0.3, 0.4) is 0 Å². The van der Waals surface area contributed by atoms with Crippen molar-refractivity contribution >= 4 is 21.9 Å². The minimum Gasteiger partial charge on any atom is -0.356 e. The predicted molar refractivity (Wildman–Crippen MR) is 134 cm³/mol. The Morgan fingerprint density at radius 1 is 0.969 bits per heavy atom. The van der Waals surface area contributed by atoms with Crippen LogP contribution in [0.4, 0.5) is 5.95 Å². The second-order valence-electron chi connectivity index (χ2n) is 7.95. The number of anilines is 1. The molecule has 0 bridgehead atoms. The first kappa shape index (κ1) is 22.3. The number of nitrogens with one attached hydrogen (secondary N) is 2. The zero-order valence-electron chi connectivity index (χ0n) is 18.4. The second kappa shape index (κ2) is 11.1. The highest BCUT2D eigenvalue weighted by Gasteiger charge is 2.06. The van der Waals surface area contributed by atoms with E-state index in [0.29, 0.717) is 0 Å². The van der Waals surface area contributed by atoms with E-state index in [9.17, 15) is 0 Å². The first-order valence-corrected chi connectivity index (χ1v) is 12.0. The molecule has 0 saturated carbocycles. The second-order valence-corrected chi connectivity index (χ2v) is 8.87. The van der Waals surface area contributed by atoms with Gasteiger partial charge in [-0.25, -0.2) is 4.98 Å². The molecule has 0 saturated heterocycles. The molecule has 4 rings (SSSR count). The number of unbranched alkanes of at least 4 members (excludes halogenated alkanes) is 2. The molecule has 0 fully saturated rings. The van der Waals surface area contributed by atoms with E-state index in [1.54, 1.807) is 0 Å². The van der Waals surface area contributed by atoms with Gasteiger partial charge in [0.15, 0.2) is 0 Å². The highest BCUT2D eigenvalue weighted by Crippen LogP contribution is 2.21. The molecule has 2 N–H and O–H groups in total. The molecule has 0 aliphatic rings. The van der Waals surface area contributed by atoms with Crippen LogP contribution in [0.1, 0.15) is 38.2 Å². The fourth-order valence-electron chi connectivity index (χ4n) is 3.60. The lowest BCUT2D eigenvalue weighted by Crippen LogP contribution is -2.08. The maximum atomic E-state index is 4.42. The molecule has 166 valence electrons. The van der Waals surface area contributed by atoms with Crippen molar-refractivity contribution in [3.63, 3.8) is 0 Å². The first-order chi connectivity index (χ1) is 15.7. The van der Waals surface area contributed by atoms with Crippen molar-refractivity contribution in [2.75, 3.05) is 11.9 Å². The van der Waals surface area contributed by atoms with Crippen LogP contribution in [0.15, 0.2) is 65.4 Å². The molecular formula is C25H29BrN6. The number of H-pyrrole nitrogens is 1. The average Bonchev–Trinajstić information content (AvgIpc) is 3.48. The fraction of sp³-hybridized carbons (Fsp3) is 0.320. The molecule has 7 heteroatoms. The van der Waals surface area contributed by atoms with Crippen molar-refractivity contribution in [3.05, 3.63) is 71.0 Å². The van der Waals surface area contributed by atoms with Crippen LogP contribution in [0.25, 0.3) is 22.5 Å². The van der Waals surface area contributed by atoms with E-state index in [0.717, 1.165) is 58.9 Å². The Morgan fingerprint density at radius 3 is 2.53 bits per heavy atom. The number of rotatable bonds is 11. The van der Waals surface area contributed by atoms with Gasteiger partial charge in [-0.05, 0) is 42.5 Å². The highest BCUT2D eigenvalue weighted by atomic mass is 79.9. The van der Waals surface area contributed by atoms with Gasteiger partial charge in [0, 0.05) is 23.1 Å². The van der Waals surface area contributed by atoms with Crippen molar-refractivity contribution in [2.45, 2.75) is 45.6 Å². The molecule has 0 aliphatic heterocycles. The molecule has 4 aromatic rings. The Hall–Kier alpha value is -2.93. The standard InChI is InChI=1S/C25H29BrN6/c1-2-3-4-6-19-7-9-21(10-8-19)24-18-32(31-30-24)16-5-15-27-25-28-17-23(29-25)20-11-13-22(26)14-12-20/h7-14,17-18H,2-6,15-16H2,1H3,(H2,27,28,29). The molecule has 6 nitrogen and oxygen atoms in total. The molecule has 2 aromatic heterocycles. The lowest BCUT2D eigenvalue weighted by atomic mass is 10.0. The number of nitrogens with zero attached hydrogens (tertiary/aromatic N) is 4. The molecule has 0 radical (unpaired) electrons. The van der Waals surface area contributed by atoms with Gasteiger partial charge in [0.1, 0.15) is 5.69 Å². The highest BCUT2D eigenvalue weighted by molar-refractivity contribution is 9.10. The Kier molecular flexibility index (Phi) is 7.72. The summed E-state index contributed by atoms with van der Waals surface area (Å²) in [5.74, 6) is 0.779. The maximum absolute atomic E-state index is 4.42. The lowest BCUT2D eigenvalue weighted by molar-refractivity contribution is 0.569. The fourth-order valence-corrected chi connectivity index (χ4v) is 3.86. The third kappa shape index (κ3) is 6.07. The van der Waals surface area contributed by atoms with Crippen LogP contribution in [0, 0.1) is 0 Å². The number of halogens is 1. The number of aromatic nitrogens is 5. The molecule has 0 spiro atoms. The number of benzene rings is 2. The largest absolute Gasteiger partial charge is 0.356 e. The van der Waals surface area contributed by atoms with Crippen LogP contribution in [-0.2, 0) is 13.0 Å². The van der Waals surface area contributed by atoms with Crippen LogP contribution in [0.2, 0.25) is 0 Å². The summed E-state index contributed by atoms with van der Waals surface area (Å²) in [7, 11) is 0. The SMILES string of the molecule is CCCCCc1ccc(-c2cn(CCCNc3ncc(-c4ccc(Br)cc4)[nH]3)nn2)cc1. The summed E-state index contributed by atoms with van der Waals surface area (Å²) in [4.78, 5) is 7.74. The van der Waals surface area contributed by atoms with E-state index in [-0.39, 0.29) is 0 Å². The van der Waals surface area contributed by atoms with Gasteiger partial charge in [-0.15, -0.1) is 5.10 Å². The summed E-state index contributed by atoms with van der Waals surface area (Å²) >= 11 is 3.46. The van der Waals surface area contributed by atoms with Gasteiger partial charge in [-0.1, -0.05) is 77.3 Å². The molecule has 2 aromatic carbocycles. The topological polar surface area (TPSA) is 71.4 Å². The molecule has 32 heavy (non-hydrogen) atoms. The van der Waals surface area contributed by atoms with Gasteiger partial charge in [-0.3, -0.25) is 4.68 Å². The molecule has 0 aliphatic carbocycles. The summed E-state index contributed by atoms with van der Waals surface area (Å²) < 4.78 is 2.97. The summed E-state index contributed by atoms with van der Waals surface area (Å²) in [5.41, 5.74) is 5.53. The van der Waals surface area contributed by atoms with Gasteiger partial charge in [0.05, 0.1) is 18.1 Å². The Labute approximate surface area is 197 Å². The van der Waals surface area contributed by atoms with Crippen molar-refractivity contribution in [2.24, 2.45) is 0 Å². The zero-order valence-corrected chi connectivity index (χ0v) is 20.0. The number of imidazole rings is 1. The molecule has 0 amide bonds. The summed E-state index contributed by atoms with van der Waals surface area (Å²) in [6.07, 6.45) is 9.74. The van der Waals surface area contributed by atoms with Crippen LogP contribution >= 0.6 is 15.9 Å². The smallest absolute Gasteiger partial charge is 0.200 e. The quantitative estimate of drug-likeness (QED) is 0.240. The van der Waals surface area contributed by atoms with Crippen molar-refractivity contribution in [3.8, 4) is 22.5 Å². The average molecular weight is 493 g/mol. The zero-order chi connectivity index (χ0) is 22.2. The van der Waals surface area contributed by atoms with Crippen molar-refractivity contribution in [1.82, 2.24) is 25.0 Å². The summed E-state index contributed by atoms with van der Waals surface area (Å²) in [6.45, 7) is 3.84. The van der Waals surface area contributed by atoms with E-state index in [4.69, 9.17) is 0 Å². The van der Waals surface area contributed by atoms with Gasteiger partial charge >= 0.3 is 0 Å². The Bertz CT molecular complexity index is 1100. The maximum Gasteiger partial charge on any atom is 0.200 e. The van der Waals surface area contributed by atoms with Gasteiger partial charge in [-0.2, -0.15) is 0 Å². The molecule has 0 atom stereocenters. The van der Waals surface area contributed by atoms with Crippen molar-refractivity contribution in [1.29, 1.82) is 0 Å². The molecule has 0 unspecified atom stereocenters. The van der Waals surface area contributed by atoms with Crippen molar-refractivity contribution < 1.29 is 0 Å². The minimum atomic E-state index is 0.779. The number of hydrogen-bond donors (Lipinski definition) is 2. The van der Waals surface area contributed by atoms with E-state index in [2.05, 4.69) is 84.8 Å². The summed E-state index contributed by atoms with van der Waals surface area (Å²) in [6, 6.07) is 16.9.